The molecule has 0 saturated carbocycles. The molecule has 4 N–H and O–H groups in total. The summed E-state index contributed by atoms with van der Waals surface area (Å²) in [7, 11) is 0. The second-order valence-electron chi connectivity index (χ2n) is 0.649. The molecule has 0 aromatic carbocycles. The molecule has 0 aliphatic heterocycles. The Labute approximate surface area is 73.7 Å². The van der Waals surface area contributed by atoms with Crippen molar-refractivity contribution in [3.63, 3.8) is 0 Å². The maximum absolute atomic E-state index is 7.81. The third-order valence-electron chi connectivity index (χ3n) is 0.158. The summed E-state index contributed by atoms with van der Waals surface area (Å²) in [6, 6.07) is 0. The fourth-order valence-corrected chi connectivity index (χ4v) is 0. The van der Waals surface area contributed by atoms with Crippen LogP contribution >= 0.6 is 35.5 Å². The second-order valence-corrected chi connectivity index (χ2v) is 28.8. The summed E-state index contributed by atoms with van der Waals surface area (Å²) in [6.45, 7) is 0.833. The summed E-state index contributed by atoms with van der Waals surface area (Å²) in [4.78, 5) is 0. The van der Waals surface area contributed by atoms with Crippen LogP contribution in [0.15, 0.2) is 0 Å². The van der Waals surface area contributed by atoms with E-state index in [1.165, 1.54) is 0 Å². The molecule has 0 fully saturated rings. The van der Waals surface area contributed by atoms with Crippen molar-refractivity contribution in [2.75, 3.05) is 13.2 Å². The summed E-state index contributed by atoms with van der Waals surface area (Å²) in [6.07, 6.45) is 0. The van der Waals surface area contributed by atoms with Crippen molar-refractivity contribution in [1.82, 2.24) is 0 Å². The van der Waals surface area contributed by atoms with E-state index >= 15 is 0 Å². The molecule has 2 nitrogen and oxygen atoms in total. The quantitative estimate of drug-likeness (QED) is 0.358. The monoisotopic (exact) mass is 524 g/mol. The molecular weight excluding hydrogens is 515 g/mol. The molecule has 5 heteroatoms. The van der Waals surface area contributed by atoms with E-state index in [0.29, 0.717) is 6.54 Å². The van der Waals surface area contributed by atoms with Gasteiger partial charge in [0.15, 0.2) is 0 Å². The molecule has 2 radical (unpaired) electrons. The molecule has 0 aliphatic carbocycles. The zero-order valence-electron chi connectivity index (χ0n) is 3.82. The molecule has 0 spiro atoms. The van der Waals surface area contributed by atoms with Crippen molar-refractivity contribution < 1.29 is 10.8 Å². The van der Waals surface area contributed by atoms with Crippen molar-refractivity contribution in [1.29, 1.82) is 0 Å². The van der Waals surface area contributed by atoms with Gasteiger partial charge in [0.2, 0.25) is 0 Å². The Morgan fingerprint density at radius 1 is 1.57 bits per heavy atom. The van der Waals surface area contributed by atoms with E-state index in [9.17, 15) is 0 Å². The van der Waals surface area contributed by atoms with E-state index < -0.39 is 0 Å². The van der Waals surface area contributed by atoms with Crippen LogP contribution in [0.2, 0.25) is 0 Å². The van der Waals surface area contributed by atoms with Gasteiger partial charge < -0.3 is 10.8 Å². The first kappa shape index (κ1) is 12.0. The van der Waals surface area contributed by atoms with Crippen LogP contribution in [-0.4, -0.2) is 33.9 Å². The van der Waals surface area contributed by atoms with E-state index in [4.69, 9.17) is 5.11 Å². The average Bonchev–Trinajstić information content (AvgIpc) is 1.69. The van der Waals surface area contributed by atoms with Crippen molar-refractivity contribution in [3.8, 4) is 0 Å². The van der Waals surface area contributed by atoms with Crippen LogP contribution in [0.25, 0.3) is 0 Å². The molecule has 0 rings (SSSR count). The molecule has 0 unspecified atom stereocenters. The van der Waals surface area contributed by atoms with Crippen LogP contribution in [0, 0.1) is 0 Å². The van der Waals surface area contributed by atoms with Gasteiger partial charge in [0.25, 0.3) is 0 Å². The Morgan fingerprint density at radius 3 is 1.71 bits per heavy atom. The van der Waals surface area contributed by atoms with Crippen molar-refractivity contribution in [3.05, 3.63) is 0 Å². The molecule has 0 amide bonds. The minimum absolute atomic E-state index is 0.0233. The van der Waals surface area contributed by atoms with Crippen LogP contribution in [0.5, 0.6) is 0 Å². The molecule has 0 bridgehead atoms. The Morgan fingerprint density at radius 2 is 1.71 bits per heavy atom. The van der Waals surface area contributed by atoms with E-state index in [-0.39, 0.29) is 22.3 Å². The Kier molecular flexibility index (Phi) is 27.0. The number of halogens is 2. The summed E-state index contributed by atoms with van der Waals surface area (Å²) in [5.41, 5.74) is 3.35. The van der Waals surface area contributed by atoms with Crippen LogP contribution in [0.4, 0.5) is 0 Å². The topological polar surface area (TPSA) is 47.9 Å². The van der Waals surface area contributed by atoms with E-state index in [1.54, 1.807) is 0 Å². The number of aliphatic hydroxyl groups excluding tert-OH is 1. The normalized spacial score (nSPS) is 6.86. The first-order valence-electron chi connectivity index (χ1n) is 1.69. The standard InChI is InChI=1S/C2H7NO.2HI.Pb/c3-1-2-4;;;/h4H,1-3H2;2*1H;/q;;;+2/p-1. The third kappa shape index (κ3) is 30.2. The molecule has 0 aliphatic rings. The number of hydrogen-bond acceptors (Lipinski definition) is 1. The van der Waals surface area contributed by atoms with Crippen molar-refractivity contribution >= 4 is 51.2 Å². The summed E-state index contributed by atoms with van der Waals surface area (Å²) in [5.74, 6) is 0. The zero-order valence-corrected chi connectivity index (χ0v) is 12.0. The minimum Gasteiger partial charge on any atom is -0.391 e. The maximum atomic E-state index is 7.81. The van der Waals surface area contributed by atoms with Crippen molar-refractivity contribution in [2.24, 2.45) is 0 Å². The first-order valence-corrected chi connectivity index (χ1v) is 23.6. The van der Waals surface area contributed by atoms with Gasteiger partial charge in [0.05, 0.1) is 13.2 Å². The van der Waals surface area contributed by atoms with Gasteiger partial charge in [-0.25, -0.2) is 0 Å². The fraction of sp³-hybridized carbons (Fsp3) is 1.00. The van der Waals surface area contributed by atoms with Gasteiger partial charge in [-0.2, -0.15) is 0 Å². The van der Waals surface area contributed by atoms with E-state index in [1.807, 2.05) is 0 Å². The smallest absolute Gasteiger partial charge is 0.0974 e. The van der Waals surface area contributed by atoms with Crippen LogP contribution in [0.1, 0.15) is 0 Å². The molecule has 0 saturated heterocycles. The third-order valence-corrected chi connectivity index (χ3v) is 0.158. The Bertz CT molecular complexity index is 23.2. The molecule has 7 heavy (non-hydrogen) atoms. The zero-order chi connectivity index (χ0) is 6.12. The van der Waals surface area contributed by atoms with Gasteiger partial charge in [0.1, 0.15) is 0 Å². The van der Waals surface area contributed by atoms with Gasteiger partial charge in [-0.3, -0.25) is 0 Å². The number of rotatable bonds is 1. The second kappa shape index (κ2) is 15.7. The fourth-order valence-electron chi connectivity index (χ4n) is 0. The van der Waals surface area contributed by atoms with Gasteiger partial charge in [-0.05, 0) is 0 Å². The molecule has 0 atom stereocenters. The molecule has 0 heterocycles. The SMILES string of the molecule is [I][Pb][I].[NH3+]CCO. The van der Waals surface area contributed by atoms with Crippen LogP contribution in [-0.2, 0) is 0 Å². The number of hydrogen-bond donors (Lipinski definition) is 2. The first-order chi connectivity index (χ1) is 3.33. The molecular formula is C2H8I2NOPb+. The van der Waals surface area contributed by atoms with Crippen LogP contribution in [0.3, 0.4) is 0 Å². The summed E-state index contributed by atoms with van der Waals surface area (Å²) in [5, 5.41) is 7.81. The van der Waals surface area contributed by atoms with Crippen LogP contribution < -0.4 is 5.73 Å². The molecule has 44 valence electrons. The molecule has 0 aromatic rings. The van der Waals surface area contributed by atoms with Gasteiger partial charge in [-0.1, -0.05) is 0 Å². The number of aliphatic hydroxyl groups is 1. The predicted molar refractivity (Wildman–Crippen MR) is 48.6 cm³/mol. The van der Waals surface area contributed by atoms with E-state index in [0.717, 1.165) is 0 Å². The maximum Gasteiger partial charge on any atom is 0.0974 e. The minimum atomic E-state index is 0.0233. The largest absolute Gasteiger partial charge is 0.391 e. The van der Waals surface area contributed by atoms with Gasteiger partial charge in [-0.15, -0.1) is 0 Å². The Balaban J connectivity index is 0. The summed E-state index contributed by atoms with van der Waals surface area (Å²) >= 11 is 4.96. The number of quaternary nitrogens is 1. The average molecular weight is 523 g/mol. The van der Waals surface area contributed by atoms with Gasteiger partial charge in [0, 0.05) is 0 Å². The van der Waals surface area contributed by atoms with Gasteiger partial charge >= 0.3 is 51.2 Å². The predicted octanol–water partition coefficient (Wildman–Crippen LogP) is -0.389. The summed E-state index contributed by atoms with van der Waals surface area (Å²) < 4.78 is 0. The Hall–Kier alpha value is 2.30. The van der Waals surface area contributed by atoms with Crippen molar-refractivity contribution in [2.45, 2.75) is 0 Å². The van der Waals surface area contributed by atoms with E-state index in [2.05, 4.69) is 41.3 Å². The molecule has 0 aromatic heterocycles.